The molecule has 708 valence electrons. The number of fused-ring (bicyclic) bond motifs is 24. The molecule has 6 aliphatic rings. The van der Waals surface area contributed by atoms with Crippen molar-refractivity contribution < 1.29 is 4.42 Å². The lowest BCUT2D eigenvalue weighted by Crippen LogP contribution is -2.43. The van der Waals surface area contributed by atoms with E-state index in [-0.39, 0.29) is 48.7 Å². The van der Waals surface area contributed by atoms with Crippen molar-refractivity contribution in [3.63, 3.8) is 0 Å². The van der Waals surface area contributed by atoms with Crippen molar-refractivity contribution >= 4 is 105 Å². The van der Waals surface area contributed by atoms with E-state index < -0.39 is 0 Å². The predicted octanol–water partition coefficient (Wildman–Crippen LogP) is 39.1. The smallest absolute Gasteiger partial charge is 0.137 e. The van der Waals surface area contributed by atoms with Crippen molar-refractivity contribution in [3.05, 3.63) is 485 Å². The van der Waals surface area contributed by atoms with Crippen LogP contribution in [0.4, 0.5) is 51.2 Å². The summed E-state index contributed by atoms with van der Waals surface area (Å²) in [5.41, 5.74) is 46.8. The molecular formula is C141H123N3O. The summed E-state index contributed by atoms with van der Waals surface area (Å²) in [6, 6.07) is 156. The summed E-state index contributed by atoms with van der Waals surface area (Å²) < 4.78 is 6.47. The number of furan rings is 1. The Labute approximate surface area is 855 Å². The molecule has 0 aliphatic heterocycles. The number of para-hydroxylation sites is 2. The van der Waals surface area contributed by atoms with Crippen molar-refractivity contribution in [2.45, 2.75) is 173 Å². The molecule has 0 amide bonds. The third kappa shape index (κ3) is 13.8. The fourth-order valence-corrected chi connectivity index (χ4v) is 25.9. The van der Waals surface area contributed by atoms with Crippen molar-refractivity contribution in [3.8, 4) is 77.9 Å². The van der Waals surface area contributed by atoms with Crippen LogP contribution < -0.4 is 14.7 Å². The first-order valence-electron chi connectivity index (χ1n) is 52.0. The molecule has 145 heavy (non-hydrogen) atoms. The molecule has 1 heterocycles. The maximum atomic E-state index is 6.47. The van der Waals surface area contributed by atoms with Crippen molar-refractivity contribution in [2.24, 2.45) is 0 Å². The summed E-state index contributed by atoms with van der Waals surface area (Å²) >= 11 is 0. The molecule has 0 spiro atoms. The molecule has 0 saturated heterocycles. The van der Waals surface area contributed by atoms with Crippen LogP contribution >= 0.6 is 0 Å². The number of nitrogens with zero attached hydrogens (tertiary/aromatic N) is 3. The normalized spacial score (nSPS) is 16.2. The third-order valence-electron chi connectivity index (χ3n) is 36.4. The Bertz CT molecular complexity index is 8910. The molecule has 0 atom stereocenters. The van der Waals surface area contributed by atoms with E-state index in [2.05, 4.69) is 552 Å². The molecule has 0 bridgehead atoms. The lowest BCUT2D eigenvalue weighted by Gasteiger charge is -2.48. The van der Waals surface area contributed by atoms with Gasteiger partial charge in [-0.15, -0.1) is 0 Å². The number of hydrogen-bond donors (Lipinski definition) is 0. The number of anilines is 9. The van der Waals surface area contributed by atoms with E-state index in [0.29, 0.717) is 0 Å². The monoisotopic (exact) mass is 1870 g/mol. The molecule has 4 heteroatoms. The van der Waals surface area contributed by atoms with E-state index in [9.17, 15) is 0 Å². The van der Waals surface area contributed by atoms with Crippen molar-refractivity contribution in [1.29, 1.82) is 0 Å². The molecule has 0 unspecified atom stereocenters. The SMILES string of the molecule is CC1(C)c2cc(N(c3ccc(-c4ccccc4)cc3)c3ccc4c(c3)C(C)(C)C(C)(C)c3ccccc3-4)ccc2-c2cc3ccccc3cc21.CC1(C)c2cc(N(c3ccc4c(c3)C(C)(C)C(C)(C)c3ccccc3-4)c3ccc4c(c3)oc3ccccc34)ccc2-c2cc3ccccc3cc21.CC1(C)c2cc(N(c3ccccc3)c3ccc4c(c3)C(C)(C)C(C)(C)c3ccccc3-4)ccc2-c2cc3ccccc3cc21. The molecule has 27 rings (SSSR count). The number of rotatable bonds is 10. The zero-order valence-electron chi connectivity index (χ0n) is 86.6. The van der Waals surface area contributed by atoms with E-state index in [4.69, 9.17) is 4.42 Å². The van der Waals surface area contributed by atoms with Crippen LogP contribution in [-0.4, -0.2) is 0 Å². The summed E-state index contributed by atoms with van der Waals surface area (Å²) in [6.07, 6.45) is 0. The number of benzene rings is 20. The molecule has 4 nitrogen and oxygen atoms in total. The van der Waals surface area contributed by atoms with Gasteiger partial charge in [-0.05, 0) is 361 Å². The van der Waals surface area contributed by atoms with Crippen LogP contribution in [-0.2, 0) is 48.7 Å². The van der Waals surface area contributed by atoms with Gasteiger partial charge in [0.25, 0.3) is 0 Å². The van der Waals surface area contributed by atoms with Gasteiger partial charge in [0.2, 0.25) is 0 Å². The second-order valence-electron chi connectivity index (χ2n) is 46.4. The second-order valence-corrected chi connectivity index (χ2v) is 46.4. The van der Waals surface area contributed by atoms with Crippen LogP contribution in [0.1, 0.15) is 191 Å². The first-order chi connectivity index (χ1) is 69.7. The first kappa shape index (κ1) is 90.6. The molecule has 0 fully saturated rings. The summed E-state index contributed by atoms with van der Waals surface area (Å²) in [4.78, 5) is 7.35. The molecular weight excluding hydrogens is 1750 g/mol. The predicted molar refractivity (Wildman–Crippen MR) is 616 cm³/mol. The molecule has 0 radical (unpaired) electrons. The van der Waals surface area contributed by atoms with Crippen LogP contribution in [0.15, 0.2) is 423 Å². The summed E-state index contributed by atoms with van der Waals surface area (Å²) in [6.45, 7) is 43.2. The number of hydrogen-bond acceptors (Lipinski definition) is 4. The minimum Gasteiger partial charge on any atom is -0.456 e. The average molecular weight is 1880 g/mol. The molecule has 6 aliphatic carbocycles. The average Bonchev–Trinajstić information content (AvgIpc) is 1.70. The second kappa shape index (κ2) is 32.7. The zero-order chi connectivity index (χ0) is 99.7. The molecule has 0 N–H and O–H groups in total. The zero-order valence-corrected chi connectivity index (χ0v) is 86.6. The van der Waals surface area contributed by atoms with E-state index in [1.54, 1.807) is 0 Å². The van der Waals surface area contributed by atoms with Crippen LogP contribution in [0.2, 0.25) is 0 Å². The highest BCUT2D eigenvalue weighted by Gasteiger charge is 2.51. The van der Waals surface area contributed by atoms with Gasteiger partial charge < -0.3 is 19.1 Å². The van der Waals surface area contributed by atoms with Gasteiger partial charge in [0.1, 0.15) is 11.2 Å². The summed E-state index contributed by atoms with van der Waals surface area (Å²) in [5, 5.41) is 10.0. The quantitative estimate of drug-likeness (QED) is 0.136. The lowest BCUT2D eigenvalue weighted by molar-refractivity contribution is 0.299. The van der Waals surface area contributed by atoms with Gasteiger partial charge in [0.15, 0.2) is 0 Å². The summed E-state index contributed by atoms with van der Waals surface area (Å²) in [5.74, 6) is 0. The van der Waals surface area contributed by atoms with E-state index in [1.807, 2.05) is 6.07 Å². The standard InChI is InChI=1S/C49H41NO.C49H43N.C43H39N/c1-47(2)42-26-31-14-8-7-13-30(31)25-40(42)37-23-20-32(27-43(37)47)50(34-21-24-39-38-16-10-12-18-45(38)51-46(39)29-34)33-19-22-36-35-15-9-11-17-41(35)48(3,4)49(5,6)44(36)28-33;1-47(2)44-29-35-17-11-10-16-34(35)28-42(44)41-27-25-37(30-45(41)47)50(36-22-20-33(21-23-36)32-14-8-7-9-15-32)38-24-26-40-39-18-12-13-19-43(39)48(3,4)49(5,6)46(40)31-38;1-41(2)38-25-29-15-11-10-14-28(29)24-36(38)35-23-21-31(26-39(35)41)44(30-16-8-7-9-17-30)32-20-22-34-33-18-12-13-19-37(33)42(3,4)43(5,6)40(34)27-32/h7-29H,1-6H3;7-31H,1-6H3;7-27H,1-6H3. The Kier molecular flexibility index (Phi) is 20.4. The van der Waals surface area contributed by atoms with Crippen LogP contribution in [0.5, 0.6) is 0 Å². The van der Waals surface area contributed by atoms with E-state index >= 15 is 0 Å². The van der Waals surface area contributed by atoms with Gasteiger partial charge in [-0.3, -0.25) is 0 Å². The van der Waals surface area contributed by atoms with Gasteiger partial charge in [-0.1, -0.05) is 385 Å². The van der Waals surface area contributed by atoms with Gasteiger partial charge in [0, 0.05) is 84.3 Å². The highest BCUT2D eigenvalue weighted by molar-refractivity contribution is 6.07. The first-order valence-corrected chi connectivity index (χ1v) is 52.0. The van der Waals surface area contributed by atoms with Gasteiger partial charge in [-0.2, -0.15) is 0 Å². The van der Waals surface area contributed by atoms with E-state index in [1.165, 1.54) is 205 Å². The van der Waals surface area contributed by atoms with Crippen LogP contribution in [0, 0.1) is 0 Å². The summed E-state index contributed by atoms with van der Waals surface area (Å²) in [7, 11) is 0. The third-order valence-corrected chi connectivity index (χ3v) is 36.4. The van der Waals surface area contributed by atoms with Crippen molar-refractivity contribution in [1.82, 2.24) is 0 Å². The highest BCUT2D eigenvalue weighted by Crippen LogP contribution is 2.63. The highest BCUT2D eigenvalue weighted by atomic mass is 16.3. The van der Waals surface area contributed by atoms with Gasteiger partial charge in [-0.25, -0.2) is 0 Å². The van der Waals surface area contributed by atoms with Gasteiger partial charge in [0.05, 0.1) is 0 Å². The van der Waals surface area contributed by atoms with Gasteiger partial charge >= 0.3 is 0 Å². The maximum Gasteiger partial charge on any atom is 0.137 e. The van der Waals surface area contributed by atoms with Crippen LogP contribution in [0.3, 0.4) is 0 Å². The molecule has 1 aromatic heterocycles. The maximum absolute atomic E-state index is 6.47. The van der Waals surface area contributed by atoms with E-state index in [0.717, 1.165) is 44.7 Å². The lowest BCUT2D eigenvalue weighted by atomic mass is 9.55. The Hall–Kier alpha value is -15.6. The fourth-order valence-electron chi connectivity index (χ4n) is 25.9. The fraction of sp³-hybridized carbons (Fsp3) is 0.191. The largest absolute Gasteiger partial charge is 0.456 e. The van der Waals surface area contributed by atoms with Crippen molar-refractivity contribution in [2.75, 3.05) is 14.7 Å². The Morgan fingerprint density at radius 1 is 0.145 bits per heavy atom. The van der Waals surface area contributed by atoms with Crippen LogP contribution in [0.25, 0.3) is 132 Å². The Balaban J connectivity index is 0.000000114. The Morgan fingerprint density at radius 3 is 0.731 bits per heavy atom. The molecule has 20 aromatic carbocycles. The Morgan fingerprint density at radius 2 is 0.372 bits per heavy atom. The molecule has 21 aromatic rings. The minimum absolute atomic E-state index is 0.0142. The minimum atomic E-state index is -0.148. The topological polar surface area (TPSA) is 22.9 Å². The molecule has 0 saturated carbocycles.